The number of thioether (sulfide) groups is 1. The molecule has 0 saturated heterocycles. The maximum absolute atomic E-state index is 12.3. The molecule has 1 amide bonds. The Labute approximate surface area is 156 Å². The molecule has 2 aromatic carbocycles. The van der Waals surface area contributed by atoms with E-state index in [-0.39, 0.29) is 18.0 Å². The van der Waals surface area contributed by atoms with Gasteiger partial charge in [-0.05, 0) is 68.6 Å². The third-order valence-electron chi connectivity index (χ3n) is 3.47. The highest BCUT2D eigenvalue weighted by molar-refractivity contribution is 7.98. The van der Waals surface area contributed by atoms with E-state index < -0.39 is 0 Å². The number of carbonyl (C=O) groups excluding carboxylic acids is 1. The molecule has 0 saturated carbocycles. The van der Waals surface area contributed by atoms with Crippen LogP contribution >= 0.6 is 11.8 Å². The quantitative estimate of drug-likeness (QED) is 0.645. The molecule has 134 valence electrons. The summed E-state index contributed by atoms with van der Waals surface area (Å²) in [5.41, 5.74) is 1.27. The molecule has 6 nitrogen and oxygen atoms in total. The van der Waals surface area contributed by atoms with Crippen LogP contribution in [0.5, 0.6) is 5.75 Å². The first-order chi connectivity index (χ1) is 12.5. The summed E-state index contributed by atoms with van der Waals surface area (Å²) in [6, 6.07) is 14.7. The van der Waals surface area contributed by atoms with Crippen LogP contribution in [0, 0.1) is 0 Å². The van der Waals surface area contributed by atoms with E-state index in [2.05, 4.69) is 15.5 Å². The highest BCUT2D eigenvalue weighted by atomic mass is 32.2. The number of hydrogen-bond acceptors (Lipinski definition) is 6. The molecule has 0 radical (unpaired) electrons. The average molecular weight is 369 g/mol. The number of aromatic nitrogens is 2. The lowest BCUT2D eigenvalue weighted by Gasteiger charge is -2.09. The van der Waals surface area contributed by atoms with Crippen molar-refractivity contribution in [3.05, 3.63) is 54.1 Å². The fourth-order valence-electron chi connectivity index (χ4n) is 2.25. The lowest BCUT2D eigenvalue weighted by molar-refractivity contribution is 0.102. The van der Waals surface area contributed by atoms with Crippen LogP contribution in [0.3, 0.4) is 0 Å². The van der Waals surface area contributed by atoms with Crippen molar-refractivity contribution in [1.29, 1.82) is 0 Å². The van der Waals surface area contributed by atoms with E-state index >= 15 is 0 Å². The maximum Gasteiger partial charge on any atom is 0.322 e. The normalized spacial score (nSPS) is 10.8. The highest BCUT2D eigenvalue weighted by Crippen LogP contribution is 2.23. The van der Waals surface area contributed by atoms with Gasteiger partial charge < -0.3 is 9.15 Å². The topological polar surface area (TPSA) is 77.2 Å². The molecule has 26 heavy (non-hydrogen) atoms. The molecule has 3 aromatic rings. The fraction of sp³-hybridized carbons (Fsp3) is 0.211. The van der Waals surface area contributed by atoms with Gasteiger partial charge >= 0.3 is 6.01 Å². The smallest absolute Gasteiger partial charge is 0.322 e. The van der Waals surface area contributed by atoms with Gasteiger partial charge in [-0.15, -0.1) is 16.9 Å². The number of amides is 1. The molecule has 7 heteroatoms. The van der Waals surface area contributed by atoms with Crippen LogP contribution in [0.1, 0.15) is 24.2 Å². The van der Waals surface area contributed by atoms with Gasteiger partial charge in [-0.25, -0.2) is 0 Å². The number of benzene rings is 2. The molecule has 1 aromatic heterocycles. The molecule has 0 unspecified atom stereocenters. The van der Waals surface area contributed by atoms with Crippen LogP contribution in [-0.2, 0) is 0 Å². The molecule has 0 aliphatic heterocycles. The SMILES string of the molecule is CSc1ccc(-c2nnc(NC(=O)c3ccc(OC(C)C)cc3)o2)cc1. The molecular weight excluding hydrogens is 350 g/mol. The molecule has 1 N–H and O–H groups in total. The van der Waals surface area contributed by atoms with Gasteiger partial charge in [-0.2, -0.15) is 0 Å². The number of ether oxygens (including phenoxy) is 1. The Morgan fingerprint density at radius 3 is 2.38 bits per heavy atom. The van der Waals surface area contributed by atoms with Gasteiger partial charge in [0.1, 0.15) is 5.75 Å². The zero-order valence-corrected chi connectivity index (χ0v) is 15.5. The first kappa shape index (κ1) is 18.0. The van der Waals surface area contributed by atoms with Crippen LogP contribution in [0.25, 0.3) is 11.5 Å². The number of nitrogens with zero attached hydrogens (tertiary/aromatic N) is 2. The number of anilines is 1. The molecule has 1 heterocycles. The number of nitrogens with one attached hydrogen (secondary N) is 1. The third kappa shape index (κ3) is 4.43. The Balaban J connectivity index is 1.67. The Kier molecular flexibility index (Phi) is 5.58. The van der Waals surface area contributed by atoms with Gasteiger partial charge in [0.25, 0.3) is 5.91 Å². The molecule has 3 rings (SSSR count). The molecule has 0 aliphatic rings. The molecular formula is C19H19N3O3S. The zero-order chi connectivity index (χ0) is 18.5. The summed E-state index contributed by atoms with van der Waals surface area (Å²) >= 11 is 1.66. The second kappa shape index (κ2) is 8.05. The summed E-state index contributed by atoms with van der Waals surface area (Å²) in [5, 5.41) is 10.5. The minimum atomic E-state index is -0.325. The number of carbonyl (C=O) groups is 1. The van der Waals surface area contributed by atoms with Crippen LogP contribution < -0.4 is 10.1 Å². The average Bonchev–Trinajstić information content (AvgIpc) is 3.10. The number of rotatable bonds is 6. The van der Waals surface area contributed by atoms with E-state index in [9.17, 15) is 4.79 Å². The predicted molar refractivity (Wildman–Crippen MR) is 102 cm³/mol. The lowest BCUT2D eigenvalue weighted by atomic mass is 10.2. The van der Waals surface area contributed by atoms with E-state index in [1.165, 1.54) is 0 Å². The van der Waals surface area contributed by atoms with Crippen molar-refractivity contribution >= 4 is 23.7 Å². The summed E-state index contributed by atoms with van der Waals surface area (Å²) in [7, 11) is 0. The maximum atomic E-state index is 12.3. The van der Waals surface area contributed by atoms with Gasteiger partial charge in [0, 0.05) is 16.0 Å². The molecule has 0 fully saturated rings. The first-order valence-corrected chi connectivity index (χ1v) is 9.33. The van der Waals surface area contributed by atoms with E-state index in [0.717, 1.165) is 10.5 Å². The first-order valence-electron chi connectivity index (χ1n) is 8.11. The van der Waals surface area contributed by atoms with Gasteiger partial charge in [-0.3, -0.25) is 10.1 Å². The lowest BCUT2D eigenvalue weighted by Crippen LogP contribution is -2.12. The van der Waals surface area contributed by atoms with E-state index in [0.29, 0.717) is 17.2 Å². The van der Waals surface area contributed by atoms with Crippen molar-refractivity contribution in [3.63, 3.8) is 0 Å². The number of hydrogen-bond donors (Lipinski definition) is 1. The van der Waals surface area contributed by atoms with Crippen LogP contribution in [0.2, 0.25) is 0 Å². The monoisotopic (exact) mass is 369 g/mol. The van der Waals surface area contributed by atoms with Crippen molar-refractivity contribution in [2.24, 2.45) is 0 Å². The second-order valence-corrected chi connectivity index (χ2v) is 6.67. The van der Waals surface area contributed by atoms with Crippen molar-refractivity contribution in [1.82, 2.24) is 10.2 Å². The molecule has 0 spiro atoms. The minimum absolute atomic E-state index is 0.0569. The largest absolute Gasteiger partial charge is 0.491 e. The second-order valence-electron chi connectivity index (χ2n) is 5.79. The van der Waals surface area contributed by atoms with E-state index in [1.807, 2.05) is 44.4 Å². The van der Waals surface area contributed by atoms with E-state index in [4.69, 9.17) is 9.15 Å². The minimum Gasteiger partial charge on any atom is -0.491 e. The summed E-state index contributed by atoms with van der Waals surface area (Å²) in [5.74, 6) is 0.743. The Morgan fingerprint density at radius 1 is 1.08 bits per heavy atom. The molecule has 0 aliphatic carbocycles. The highest BCUT2D eigenvalue weighted by Gasteiger charge is 2.13. The Morgan fingerprint density at radius 2 is 1.77 bits per heavy atom. The fourth-order valence-corrected chi connectivity index (χ4v) is 2.66. The summed E-state index contributed by atoms with van der Waals surface area (Å²) in [6.07, 6.45) is 2.09. The standard InChI is InChI=1S/C19H19N3O3S/c1-12(2)24-15-8-4-13(5-9-15)17(23)20-19-22-21-18(25-19)14-6-10-16(26-3)11-7-14/h4-12H,1-3H3,(H,20,22,23). The van der Waals surface area contributed by atoms with Gasteiger partial charge in [0.05, 0.1) is 6.10 Å². The van der Waals surface area contributed by atoms with Crippen LogP contribution in [0.15, 0.2) is 57.8 Å². The van der Waals surface area contributed by atoms with Crippen molar-refractivity contribution in [2.45, 2.75) is 24.8 Å². The van der Waals surface area contributed by atoms with Crippen LogP contribution in [-0.4, -0.2) is 28.5 Å². The predicted octanol–water partition coefficient (Wildman–Crippen LogP) is 4.50. The van der Waals surface area contributed by atoms with Crippen molar-refractivity contribution in [3.8, 4) is 17.2 Å². The molecule has 0 bridgehead atoms. The summed E-state index contributed by atoms with van der Waals surface area (Å²) in [4.78, 5) is 13.4. The third-order valence-corrected chi connectivity index (χ3v) is 4.21. The van der Waals surface area contributed by atoms with E-state index in [1.54, 1.807) is 36.0 Å². The van der Waals surface area contributed by atoms with Crippen molar-refractivity contribution < 1.29 is 13.9 Å². The van der Waals surface area contributed by atoms with Crippen molar-refractivity contribution in [2.75, 3.05) is 11.6 Å². The Bertz CT molecular complexity index is 874. The Hall–Kier alpha value is -2.80. The van der Waals surface area contributed by atoms with Gasteiger partial charge in [0.2, 0.25) is 5.89 Å². The summed E-state index contributed by atoms with van der Waals surface area (Å²) < 4.78 is 11.1. The summed E-state index contributed by atoms with van der Waals surface area (Å²) in [6.45, 7) is 3.89. The zero-order valence-electron chi connectivity index (χ0n) is 14.7. The van der Waals surface area contributed by atoms with Gasteiger partial charge in [-0.1, -0.05) is 5.10 Å². The van der Waals surface area contributed by atoms with Gasteiger partial charge in [0.15, 0.2) is 0 Å². The van der Waals surface area contributed by atoms with Crippen LogP contribution in [0.4, 0.5) is 6.01 Å². The molecule has 0 atom stereocenters.